The number of rotatable bonds is 2. The second-order valence-electron chi connectivity index (χ2n) is 7.54. The number of anilines is 2. The largest absolute Gasteiger partial charge is 0.378 e. The zero-order chi connectivity index (χ0) is 17.3. The summed E-state index contributed by atoms with van der Waals surface area (Å²) in [4.78, 5) is 2.58. The van der Waals surface area contributed by atoms with E-state index in [9.17, 15) is 0 Å². The SMILES string of the molecule is C1=C(N2CCOCC2)C(C2c3ccccc3Nc3ccccc32)CCC1. The molecule has 0 radical (unpaired) electrons. The maximum Gasteiger partial charge on any atom is 0.0642 e. The Morgan fingerprint density at radius 3 is 2.23 bits per heavy atom. The number of nitrogens with zero attached hydrogens (tertiary/aromatic N) is 1. The van der Waals surface area contributed by atoms with Crippen molar-refractivity contribution in [2.45, 2.75) is 25.2 Å². The van der Waals surface area contributed by atoms with E-state index in [-0.39, 0.29) is 0 Å². The van der Waals surface area contributed by atoms with Crippen LogP contribution in [0, 0.1) is 5.92 Å². The first kappa shape index (κ1) is 16.0. The molecule has 3 heteroatoms. The van der Waals surface area contributed by atoms with Gasteiger partial charge in [-0.15, -0.1) is 0 Å². The van der Waals surface area contributed by atoms with Crippen LogP contribution in [0.4, 0.5) is 11.4 Å². The van der Waals surface area contributed by atoms with Crippen molar-refractivity contribution < 1.29 is 4.74 Å². The Morgan fingerprint density at radius 1 is 0.885 bits per heavy atom. The van der Waals surface area contributed by atoms with E-state index in [2.05, 4.69) is 64.8 Å². The summed E-state index contributed by atoms with van der Waals surface area (Å²) in [6.07, 6.45) is 6.26. The van der Waals surface area contributed by atoms with Crippen molar-refractivity contribution in [1.29, 1.82) is 0 Å². The van der Waals surface area contributed by atoms with Crippen LogP contribution in [0.5, 0.6) is 0 Å². The van der Waals surface area contributed by atoms with Gasteiger partial charge in [0.05, 0.1) is 13.2 Å². The first-order valence-electron chi connectivity index (χ1n) is 9.89. The highest BCUT2D eigenvalue weighted by molar-refractivity contribution is 5.74. The summed E-state index contributed by atoms with van der Waals surface area (Å²) in [6, 6.07) is 17.7. The van der Waals surface area contributed by atoms with E-state index in [1.54, 1.807) is 5.70 Å². The lowest BCUT2D eigenvalue weighted by atomic mass is 9.72. The highest BCUT2D eigenvalue weighted by atomic mass is 16.5. The zero-order valence-electron chi connectivity index (χ0n) is 15.2. The standard InChI is InChI=1S/C23H26N2O/c1-4-10-20-17(7-1)23(18-8-2-5-11-21(18)24-20)19-9-3-6-12-22(19)25-13-15-26-16-14-25/h1-2,4-5,7-8,10-12,19,23-24H,3,6,9,13-16H2. The molecule has 0 aromatic heterocycles. The molecule has 5 rings (SSSR count). The number of allylic oxidation sites excluding steroid dienone is 2. The average molecular weight is 346 g/mol. The summed E-state index contributed by atoms with van der Waals surface area (Å²) in [5.74, 6) is 0.976. The van der Waals surface area contributed by atoms with E-state index in [4.69, 9.17) is 4.74 Å². The van der Waals surface area contributed by atoms with Gasteiger partial charge in [-0.1, -0.05) is 42.5 Å². The van der Waals surface area contributed by atoms with Crippen LogP contribution in [0.15, 0.2) is 60.3 Å². The van der Waals surface area contributed by atoms with E-state index in [1.807, 2.05) is 0 Å². The van der Waals surface area contributed by atoms with Crippen molar-refractivity contribution in [3.63, 3.8) is 0 Å². The molecule has 1 atom stereocenters. The van der Waals surface area contributed by atoms with E-state index in [1.165, 1.54) is 41.8 Å². The summed E-state index contributed by atoms with van der Waals surface area (Å²) in [5.41, 5.74) is 6.97. The third-order valence-corrected chi connectivity index (χ3v) is 6.09. The van der Waals surface area contributed by atoms with E-state index >= 15 is 0 Å². The minimum Gasteiger partial charge on any atom is -0.378 e. The number of morpholine rings is 1. The van der Waals surface area contributed by atoms with Crippen LogP contribution in [-0.4, -0.2) is 31.2 Å². The number of hydrogen-bond acceptors (Lipinski definition) is 3. The topological polar surface area (TPSA) is 24.5 Å². The molecular weight excluding hydrogens is 320 g/mol. The number of nitrogens with one attached hydrogen (secondary N) is 1. The van der Waals surface area contributed by atoms with Crippen molar-refractivity contribution in [3.05, 3.63) is 71.4 Å². The van der Waals surface area contributed by atoms with Crippen LogP contribution < -0.4 is 5.32 Å². The average Bonchev–Trinajstić information content (AvgIpc) is 2.72. The fraction of sp³-hybridized carbons (Fsp3) is 0.391. The molecule has 134 valence electrons. The molecule has 1 saturated heterocycles. The van der Waals surface area contributed by atoms with Gasteiger partial charge in [0.2, 0.25) is 0 Å². The highest BCUT2D eigenvalue weighted by Crippen LogP contribution is 2.49. The van der Waals surface area contributed by atoms with Gasteiger partial charge in [-0.2, -0.15) is 0 Å². The quantitative estimate of drug-likeness (QED) is 0.838. The van der Waals surface area contributed by atoms with Crippen molar-refractivity contribution in [1.82, 2.24) is 4.90 Å². The van der Waals surface area contributed by atoms with Gasteiger partial charge in [0.15, 0.2) is 0 Å². The van der Waals surface area contributed by atoms with E-state index in [0.29, 0.717) is 11.8 Å². The molecule has 0 spiro atoms. The third-order valence-electron chi connectivity index (χ3n) is 6.09. The first-order valence-corrected chi connectivity index (χ1v) is 9.89. The highest BCUT2D eigenvalue weighted by Gasteiger charge is 2.36. The second kappa shape index (κ2) is 6.81. The van der Waals surface area contributed by atoms with Gasteiger partial charge in [0, 0.05) is 42.0 Å². The van der Waals surface area contributed by atoms with Crippen molar-refractivity contribution in [2.75, 3.05) is 31.6 Å². The van der Waals surface area contributed by atoms with Gasteiger partial charge in [0.1, 0.15) is 0 Å². The molecule has 0 amide bonds. The summed E-state index contributed by atoms with van der Waals surface area (Å²) in [6.45, 7) is 3.75. The van der Waals surface area contributed by atoms with Crippen molar-refractivity contribution in [3.8, 4) is 0 Å². The molecule has 2 heterocycles. The van der Waals surface area contributed by atoms with Crippen LogP contribution in [-0.2, 0) is 4.74 Å². The molecule has 2 aromatic rings. The van der Waals surface area contributed by atoms with Crippen molar-refractivity contribution in [2.24, 2.45) is 5.92 Å². The monoisotopic (exact) mass is 346 g/mol. The van der Waals surface area contributed by atoms with Crippen LogP contribution >= 0.6 is 0 Å². The maximum absolute atomic E-state index is 5.60. The Kier molecular flexibility index (Phi) is 4.18. The lowest BCUT2D eigenvalue weighted by Gasteiger charge is -2.42. The van der Waals surface area contributed by atoms with Crippen LogP contribution in [0.1, 0.15) is 36.3 Å². The Balaban J connectivity index is 1.60. The third kappa shape index (κ3) is 2.71. The molecule has 1 fully saturated rings. The molecule has 1 aliphatic carbocycles. The minimum absolute atomic E-state index is 0.429. The lowest BCUT2D eigenvalue weighted by Crippen LogP contribution is -2.40. The number of ether oxygens (including phenoxy) is 1. The Labute approximate surface area is 155 Å². The van der Waals surface area contributed by atoms with Crippen LogP contribution in [0.2, 0.25) is 0 Å². The molecular formula is C23H26N2O. The number of benzene rings is 2. The maximum atomic E-state index is 5.60. The molecule has 0 saturated carbocycles. The molecule has 26 heavy (non-hydrogen) atoms. The summed E-state index contributed by atoms with van der Waals surface area (Å²) >= 11 is 0. The van der Waals surface area contributed by atoms with Gasteiger partial charge in [0.25, 0.3) is 0 Å². The molecule has 1 N–H and O–H groups in total. The summed E-state index contributed by atoms with van der Waals surface area (Å²) in [5, 5.41) is 3.65. The van der Waals surface area contributed by atoms with Gasteiger partial charge >= 0.3 is 0 Å². The number of para-hydroxylation sites is 2. The fourth-order valence-electron chi connectivity index (χ4n) is 4.92. The molecule has 3 nitrogen and oxygen atoms in total. The van der Waals surface area contributed by atoms with Crippen LogP contribution in [0.25, 0.3) is 0 Å². The number of fused-ring (bicyclic) bond motifs is 2. The predicted molar refractivity (Wildman–Crippen MR) is 106 cm³/mol. The molecule has 3 aliphatic rings. The van der Waals surface area contributed by atoms with E-state index in [0.717, 1.165) is 26.3 Å². The second-order valence-corrected chi connectivity index (χ2v) is 7.54. The minimum atomic E-state index is 0.429. The van der Waals surface area contributed by atoms with Gasteiger partial charge in [-0.05, 0) is 42.5 Å². The van der Waals surface area contributed by atoms with E-state index < -0.39 is 0 Å². The fourth-order valence-corrected chi connectivity index (χ4v) is 4.92. The summed E-state index contributed by atoms with van der Waals surface area (Å²) in [7, 11) is 0. The molecule has 1 unspecified atom stereocenters. The lowest BCUT2D eigenvalue weighted by molar-refractivity contribution is 0.0463. The molecule has 2 aromatic carbocycles. The Bertz CT molecular complexity index is 777. The smallest absolute Gasteiger partial charge is 0.0642 e. The van der Waals surface area contributed by atoms with Gasteiger partial charge in [-0.3, -0.25) is 0 Å². The Morgan fingerprint density at radius 2 is 1.54 bits per heavy atom. The first-order chi connectivity index (χ1) is 12.9. The van der Waals surface area contributed by atoms with Gasteiger partial charge < -0.3 is 15.0 Å². The molecule has 2 aliphatic heterocycles. The van der Waals surface area contributed by atoms with Gasteiger partial charge in [-0.25, -0.2) is 0 Å². The Hall–Kier alpha value is -2.26. The number of hydrogen-bond donors (Lipinski definition) is 1. The van der Waals surface area contributed by atoms with Crippen LogP contribution in [0.3, 0.4) is 0 Å². The predicted octanol–water partition coefficient (Wildman–Crippen LogP) is 4.89. The summed E-state index contributed by atoms with van der Waals surface area (Å²) < 4.78 is 5.60. The normalized spacial score (nSPS) is 22.8. The zero-order valence-corrected chi connectivity index (χ0v) is 15.2. The molecule has 0 bridgehead atoms. The van der Waals surface area contributed by atoms with Crippen molar-refractivity contribution >= 4 is 11.4 Å².